The first-order valence-electron chi connectivity index (χ1n) is 7.91. The lowest BCUT2D eigenvalue weighted by atomic mass is 10.1. The van der Waals surface area contributed by atoms with Gasteiger partial charge in [0.05, 0.1) is 13.2 Å². The van der Waals surface area contributed by atoms with Crippen molar-refractivity contribution < 1.29 is 27.8 Å². The maximum Gasteiger partial charge on any atom is 0.353 e. The molecule has 0 aliphatic carbocycles. The second-order valence-corrected chi connectivity index (χ2v) is 7.39. The highest BCUT2D eigenvalue weighted by molar-refractivity contribution is 7.57. The zero-order chi connectivity index (χ0) is 17.4. The van der Waals surface area contributed by atoms with Crippen molar-refractivity contribution in [3.8, 4) is 0 Å². The monoisotopic (exact) mass is 356 g/mol. The smallest absolute Gasteiger partial charge is 0.353 e. The molecule has 0 spiro atoms. The van der Waals surface area contributed by atoms with E-state index < -0.39 is 7.60 Å². The molecule has 1 saturated heterocycles. The summed E-state index contributed by atoms with van der Waals surface area (Å²) in [5.74, 6) is 1.52. The van der Waals surface area contributed by atoms with Crippen molar-refractivity contribution >= 4 is 7.60 Å². The lowest BCUT2D eigenvalue weighted by Gasteiger charge is -2.15. The van der Waals surface area contributed by atoms with Gasteiger partial charge in [-0.15, -0.1) is 0 Å². The summed E-state index contributed by atoms with van der Waals surface area (Å²) in [6.45, 7) is 3.28. The van der Waals surface area contributed by atoms with Crippen LogP contribution in [0.15, 0.2) is 41.7 Å². The van der Waals surface area contributed by atoms with Crippen LogP contribution < -0.4 is 0 Å². The predicted molar refractivity (Wildman–Crippen MR) is 90.7 cm³/mol. The minimum atomic E-state index is -3.26. The summed E-state index contributed by atoms with van der Waals surface area (Å²) >= 11 is 0. The number of hydrogen-bond acceptors (Lipinski definition) is 6. The summed E-state index contributed by atoms with van der Waals surface area (Å²) in [5, 5.41) is 0. The Bertz CT molecular complexity index is 566. The van der Waals surface area contributed by atoms with E-state index in [-0.39, 0.29) is 12.4 Å². The molecule has 1 aliphatic heterocycles. The fourth-order valence-corrected chi connectivity index (χ4v) is 3.49. The van der Waals surface area contributed by atoms with Crippen molar-refractivity contribution in [1.29, 1.82) is 0 Å². The van der Waals surface area contributed by atoms with Crippen LogP contribution in [0.3, 0.4) is 0 Å². The highest BCUT2D eigenvalue weighted by Gasteiger charge is 2.33. The summed E-state index contributed by atoms with van der Waals surface area (Å²) in [4.78, 5) is 0. The Morgan fingerprint density at radius 2 is 1.96 bits per heavy atom. The van der Waals surface area contributed by atoms with Crippen molar-refractivity contribution in [1.82, 2.24) is 0 Å². The topological polar surface area (TPSA) is 63.2 Å². The van der Waals surface area contributed by atoms with E-state index in [1.165, 1.54) is 20.0 Å². The summed E-state index contributed by atoms with van der Waals surface area (Å²) in [6.07, 6.45) is -0.179. The van der Waals surface area contributed by atoms with Crippen LogP contribution >= 0.6 is 7.60 Å². The van der Waals surface area contributed by atoms with Crippen LogP contribution in [-0.2, 0) is 34.4 Å². The van der Waals surface area contributed by atoms with Gasteiger partial charge in [0, 0.05) is 33.1 Å². The van der Waals surface area contributed by atoms with Crippen LogP contribution in [0, 0.1) is 0 Å². The van der Waals surface area contributed by atoms with Gasteiger partial charge in [-0.3, -0.25) is 4.57 Å². The second kappa shape index (κ2) is 9.47. The maximum atomic E-state index is 12.4. The molecule has 2 unspecified atom stereocenters. The molecule has 1 heterocycles. The van der Waals surface area contributed by atoms with Crippen LogP contribution in [0.2, 0.25) is 0 Å². The Hall–Kier alpha value is -1.01. The minimum absolute atomic E-state index is 0.330. The first-order chi connectivity index (χ1) is 11.6. The van der Waals surface area contributed by atoms with Crippen molar-refractivity contribution in [3.63, 3.8) is 0 Å². The Labute approximate surface area is 143 Å². The van der Waals surface area contributed by atoms with Gasteiger partial charge in [-0.1, -0.05) is 30.3 Å². The number of ether oxygens (including phenoxy) is 3. The lowest BCUT2D eigenvalue weighted by molar-refractivity contribution is -0.141. The second-order valence-electron chi connectivity index (χ2n) is 5.32. The van der Waals surface area contributed by atoms with E-state index in [9.17, 15) is 4.57 Å². The molecule has 2 rings (SSSR count). The summed E-state index contributed by atoms with van der Waals surface area (Å²) < 4.78 is 39.4. The third-order valence-electron chi connectivity index (χ3n) is 3.70. The number of benzene rings is 1. The van der Waals surface area contributed by atoms with Gasteiger partial charge < -0.3 is 23.3 Å². The van der Waals surface area contributed by atoms with Gasteiger partial charge in [0.25, 0.3) is 0 Å². The standard InChI is InChI=1S/C17H25O6P/c1-4-22-17-10-15(13-24(18,19-2)20-3)16(23-17)12-21-11-14-8-6-5-7-9-14/h5-9,13,16-17H,4,10-12H2,1-3H3/b15-13-. The van der Waals surface area contributed by atoms with Crippen molar-refractivity contribution in [2.75, 3.05) is 27.4 Å². The molecule has 0 aromatic heterocycles. The van der Waals surface area contributed by atoms with E-state index in [4.69, 9.17) is 23.3 Å². The summed E-state index contributed by atoms with van der Waals surface area (Å²) in [5.41, 5.74) is 1.90. The van der Waals surface area contributed by atoms with Crippen LogP contribution in [0.5, 0.6) is 0 Å². The molecule has 0 bridgehead atoms. The van der Waals surface area contributed by atoms with Gasteiger partial charge in [-0.2, -0.15) is 0 Å². The molecule has 0 radical (unpaired) electrons. The lowest BCUT2D eigenvalue weighted by Crippen LogP contribution is -2.19. The Kier molecular flexibility index (Phi) is 7.62. The Morgan fingerprint density at radius 1 is 1.25 bits per heavy atom. The molecule has 2 atom stereocenters. The third kappa shape index (κ3) is 5.52. The SMILES string of the molecule is CCOC1C/C(=C/P(=O)(OC)OC)C(COCc2ccccc2)O1. The third-order valence-corrected chi connectivity index (χ3v) is 5.36. The molecule has 1 aliphatic rings. The van der Waals surface area contributed by atoms with E-state index in [0.717, 1.165) is 11.1 Å². The fourth-order valence-electron chi connectivity index (χ4n) is 2.45. The molecule has 1 aromatic carbocycles. The molecule has 134 valence electrons. The Morgan fingerprint density at radius 3 is 2.58 bits per heavy atom. The molecule has 0 amide bonds. The first-order valence-corrected chi connectivity index (χ1v) is 9.53. The average molecular weight is 356 g/mol. The molecular formula is C17H25O6P. The normalized spacial score (nSPS) is 23.0. The van der Waals surface area contributed by atoms with Gasteiger partial charge in [0.15, 0.2) is 6.29 Å². The molecular weight excluding hydrogens is 331 g/mol. The van der Waals surface area contributed by atoms with Crippen molar-refractivity contribution in [2.45, 2.75) is 32.3 Å². The molecule has 1 fully saturated rings. The quantitative estimate of drug-likeness (QED) is 0.629. The summed E-state index contributed by atoms with van der Waals surface area (Å²) in [7, 11) is -0.538. The van der Waals surface area contributed by atoms with E-state index >= 15 is 0 Å². The van der Waals surface area contributed by atoms with Gasteiger partial charge in [0.1, 0.15) is 6.10 Å². The zero-order valence-corrected chi connectivity index (χ0v) is 15.2. The van der Waals surface area contributed by atoms with Crippen molar-refractivity contribution in [2.24, 2.45) is 0 Å². The predicted octanol–water partition coefficient (Wildman–Crippen LogP) is 3.72. The van der Waals surface area contributed by atoms with E-state index in [1.807, 2.05) is 37.3 Å². The van der Waals surface area contributed by atoms with Gasteiger partial charge in [0.2, 0.25) is 0 Å². The van der Waals surface area contributed by atoms with E-state index in [0.29, 0.717) is 26.2 Å². The zero-order valence-electron chi connectivity index (χ0n) is 14.3. The van der Waals surface area contributed by atoms with Gasteiger partial charge >= 0.3 is 7.60 Å². The van der Waals surface area contributed by atoms with E-state index in [2.05, 4.69) is 0 Å². The molecule has 24 heavy (non-hydrogen) atoms. The molecule has 0 saturated carbocycles. The number of rotatable bonds is 9. The highest BCUT2D eigenvalue weighted by atomic mass is 31.2. The minimum Gasteiger partial charge on any atom is -0.374 e. The number of hydrogen-bond donors (Lipinski definition) is 0. The first kappa shape index (κ1) is 19.3. The maximum absolute atomic E-state index is 12.4. The molecule has 0 N–H and O–H groups in total. The largest absolute Gasteiger partial charge is 0.374 e. The van der Waals surface area contributed by atoms with Crippen LogP contribution in [0.1, 0.15) is 18.9 Å². The average Bonchev–Trinajstić information content (AvgIpc) is 2.97. The van der Waals surface area contributed by atoms with Gasteiger partial charge in [-0.25, -0.2) is 0 Å². The highest BCUT2D eigenvalue weighted by Crippen LogP contribution is 2.50. The van der Waals surface area contributed by atoms with E-state index in [1.54, 1.807) is 0 Å². The molecule has 1 aromatic rings. The molecule has 7 heteroatoms. The van der Waals surface area contributed by atoms with Crippen molar-refractivity contribution in [3.05, 3.63) is 47.3 Å². The summed E-state index contributed by atoms with van der Waals surface area (Å²) in [6, 6.07) is 9.89. The fraction of sp³-hybridized carbons (Fsp3) is 0.529. The molecule has 6 nitrogen and oxygen atoms in total. The van der Waals surface area contributed by atoms with Crippen LogP contribution in [0.25, 0.3) is 0 Å². The van der Waals surface area contributed by atoms with Crippen LogP contribution in [0.4, 0.5) is 0 Å². The van der Waals surface area contributed by atoms with Crippen LogP contribution in [-0.4, -0.2) is 39.8 Å². The van der Waals surface area contributed by atoms with Gasteiger partial charge in [-0.05, 0) is 18.1 Å². The Balaban J connectivity index is 2.00.